The van der Waals surface area contributed by atoms with Crippen molar-refractivity contribution < 1.29 is 4.74 Å². The molecule has 0 spiro atoms. The summed E-state index contributed by atoms with van der Waals surface area (Å²) >= 11 is 0. The van der Waals surface area contributed by atoms with Gasteiger partial charge in [-0.15, -0.1) is 0 Å². The van der Waals surface area contributed by atoms with E-state index >= 15 is 0 Å². The highest BCUT2D eigenvalue weighted by Crippen LogP contribution is 2.30. The number of likely N-dealkylation sites (N-methyl/N-ethyl adjacent to an activating group) is 1. The van der Waals surface area contributed by atoms with Crippen LogP contribution in [0.1, 0.15) is 50.2 Å². The third-order valence-corrected chi connectivity index (χ3v) is 4.49. The summed E-state index contributed by atoms with van der Waals surface area (Å²) in [5.74, 6) is 1.96. The minimum atomic E-state index is 0.582. The predicted molar refractivity (Wildman–Crippen MR) is 85.5 cm³/mol. The Bertz CT molecular complexity index is 410. The minimum Gasteiger partial charge on any atom is -0.496 e. The molecule has 1 aromatic carbocycles. The average molecular weight is 275 g/mol. The van der Waals surface area contributed by atoms with Crippen molar-refractivity contribution in [3.8, 4) is 5.75 Å². The SMILES string of the molecule is CCNC(Cc1cc(C)ccc1OC)CC1CCCC1. The summed E-state index contributed by atoms with van der Waals surface area (Å²) in [6, 6.07) is 7.08. The molecule has 0 heterocycles. The van der Waals surface area contributed by atoms with Gasteiger partial charge in [-0.05, 0) is 43.9 Å². The number of benzene rings is 1. The lowest BCUT2D eigenvalue weighted by atomic mass is 9.93. The summed E-state index contributed by atoms with van der Waals surface area (Å²) in [5, 5.41) is 3.67. The van der Waals surface area contributed by atoms with Crippen molar-refractivity contribution in [3.63, 3.8) is 0 Å². The standard InChI is InChI=1S/C18H29NO/c1-4-19-17(12-15-7-5-6-8-15)13-16-11-14(2)9-10-18(16)20-3/h9-11,15,17,19H,4-8,12-13H2,1-3H3. The summed E-state index contributed by atoms with van der Waals surface area (Å²) in [6.07, 6.45) is 8.09. The maximum absolute atomic E-state index is 5.52. The second-order valence-electron chi connectivity index (χ2n) is 6.16. The largest absolute Gasteiger partial charge is 0.496 e. The zero-order chi connectivity index (χ0) is 14.4. The first kappa shape index (κ1) is 15.4. The lowest BCUT2D eigenvalue weighted by molar-refractivity contribution is 0.377. The molecule has 1 saturated carbocycles. The molecule has 1 aliphatic rings. The fraction of sp³-hybridized carbons (Fsp3) is 0.667. The fourth-order valence-electron chi connectivity index (χ4n) is 3.51. The van der Waals surface area contributed by atoms with Crippen LogP contribution in [0.3, 0.4) is 0 Å². The van der Waals surface area contributed by atoms with Gasteiger partial charge in [0.2, 0.25) is 0 Å². The molecule has 0 saturated heterocycles. The van der Waals surface area contributed by atoms with Crippen LogP contribution in [0.5, 0.6) is 5.75 Å². The molecule has 0 aromatic heterocycles. The molecule has 1 aliphatic carbocycles. The Kier molecular flexibility index (Phi) is 5.90. The molecular weight excluding hydrogens is 246 g/mol. The van der Waals surface area contributed by atoms with Gasteiger partial charge in [0.15, 0.2) is 0 Å². The second-order valence-corrected chi connectivity index (χ2v) is 6.16. The van der Waals surface area contributed by atoms with Crippen LogP contribution in [0.15, 0.2) is 18.2 Å². The zero-order valence-corrected chi connectivity index (χ0v) is 13.2. The first-order valence-corrected chi connectivity index (χ1v) is 8.09. The number of hydrogen-bond acceptors (Lipinski definition) is 2. The Morgan fingerprint density at radius 2 is 2.05 bits per heavy atom. The quantitative estimate of drug-likeness (QED) is 0.808. The van der Waals surface area contributed by atoms with Crippen LogP contribution in [0.4, 0.5) is 0 Å². The van der Waals surface area contributed by atoms with Gasteiger partial charge in [0.05, 0.1) is 7.11 Å². The number of rotatable bonds is 7. The topological polar surface area (TPSA) is 21.3 Å². The maximum Gasteiger partial charge on any atom is 0.122 e. The van der Waals surface area contributed by atoms with E-state index in [4.69, 9.17) is 4.74 Å². The van der Waals surface area contributed by atoms with Gasteiger partial charge in [-0.25, -0.2) is 0 Å². The van der Waals surface area contributed by atoms with Crippen LogP contribution in [0, 0.1) is 12.8 Å². The van der Waals surface area contributed by atoms with Gasteiger partial charge in [0.1, 0.15) is 5.75 Å². The first-order valence-electron chi connectivity index (χ1n) is 8.09. The van der Waals surface area contributed by atoms with Crippen molar-refractivity contribution in [2.45, 2.75) is 58.4 Å². The van der Waals surface area contributed by atoms with Crippen molar-refractivity contribution in [3.05, 3.63) is 29.3 Å². The van der Waals surface area contributed by atoms with Crippen LogP contribution in [-0.2, 0) is 6.42 Å². The summed E-state index contributed by atoms with van der Waals surface area (Å²) in [4.78, 5) is 0. The number of nitrogens with one attached hydrogen (secondary N) is 1. The van der Waals surface area contributed by atoms with Crippen molar-refractivity contribution >= 4 is 0 Å². The van der Waals surface area contributed by atoms with Gasteiger partial charge >= 0.3 is 0 Å². The van der Waals surface area contributed by atoms with E-state index in [1.165, 1.54) is 43.2 Å². The molecule has 0 radical (unpaired) electrons. The molecule has 2 heteroatoms. The Balaban J connectivity index is 2.04. The van der Waals surface area contributed by atoms with E-state index < -0.39 is 0 Å². The highest BCUT2D eigenvalue weighted by atomic mass is 16.5. The molecule has 1 atom stereocenters. The number of aryl methyl sites for hydroxylation is 1. The number of hydrogen-bond donors (Lipinski definition) is 1. The predicted octanol–water partition coefficient (Wildman–Crippen LogP) is 4.10. The van der Waals surface area contributed by atoms with Crippen molar-refractivity contribution in [2.75, 3.05) is 13.7 Å². The van der Waals surface area contributed by atoms with E-state index in [1.54, 1.807) is 7.11 Å². The van der Waals surface area contributed by atoms with E-state index in [1.807, 2.05) is 0 Å². The third kappa shape index (κ3) is 4.24. The average Bonchev–Trinajstić information content (AvgIpc) is 2.92. The summed E-state index contributed by atoms with van der Waals surface area (Å²) in [7, 11) is 1.77. The molecule has 2 rings (SSSR count). The van der Waals surface area contributed by atoms with Gasteiger partial charge < -0.3 is 10.1 Å². The van der Waals surface area contributed by atoms with Crippen molar-refractivity contribution in [1.82, 2.24) is 5.32 Å². The molecule has 1 aromatic rings. The Morgan fingerprint density at radius 3 is 2.70 bits per heavy atom. The van der Waals surface area contributed by atoms with Crippen LogP contribution in [-0.4, -0.2) is 19.7 Å². The Hall–Kier alpha value is -1.02. The number of methoxy groups -OCH3 is 1. The summed E-state index contributed by atoms with van der Waals surface area (Å²) in [6.45, 7) is 5.41. The Labute approximate surface area is 123 Å². The maximum atomic E-state index is 5.52. The van der Waals surface area contributed by atoms with Gasteiger partial charge in [0, 0.05) is 6.04 Å². The lowest BCUT2D eigenvalue weighted by Gasteiger charge is -2.22. The van der Waals surface area contributed by atoms with E-state index in [0.29, 0.717) is 6.04 Å². The zero-order valence-electron chi connectivity index (χ0n) is 13.2. The molecule has 0 amide bonds. The number of ether oxygens (including phenoxy) is 1. The Morgan fingerprint density at radius 1 is 1.30 bits per heavy atom. The molecular formula is C18H29NO. The fourth-order valence-corrected chi connectivity index (χ4v) is 3.51. The van der Waals surface area contributed by atoms with Crippen LogP contribution in [0.25, 0.3) is 0 Å². The van der Waals surface area contributed by atoms with E-state index in [0.717, 1.165) is 24.6 Å². The molecule has 2 nitrogen and oxygen atoms in total. The van der Waals surface area contributed by atoms with Gasteiger partial charge in [-0.2, -0.15) is 0 Å². The van der Waals surface area contributed by atoms with Crippen LogP contribution in [0.2, 0.25) is 0 Å². The van der Waals surface area contributed by atoms with Crippen molar-refractivity contribution in [2.24, 2.45) is 5.92 Å². The highest BCUT2D eigenvalue weighted by molar-refractivity contribution is 5.37. The molecule has 1 fully saturated rings. The minimum absolute atomic E-state index is 0.582. The van der Waals surface area contributed by atoms with Gasteiger partial charge in [-0.1, -0.05) is 50.3 Å². The summed E-state index contributed by atoms with van der Waals surface area (Å²) in [5.41, 5.74) is 2.66. The van der Waals surface area contributed by atoms with Gasteiger partial charge in [0.25, 0.3) is 0 Å². The van der Waals surface area contributed by atoms with Crippen molar-refractivity contribution in [1.29, 1.82) is 0 Å². The van der Waals surface area contributed by atoms with Crippen LogP contribution >= 0.6 is 0 Å². The summed E-state index contributed by atoms with van der Waals surface area (Å²) < 4.78 is 5.52. The first-order chi connectivity index (χ1) is 9.72. The van der Waals surface area contributed by atoms with Gasteiger partial charge in [-0.3, -0.25) is 0 Å². The van der Waals surface area contributed by atoms with E-state index in [9.17, 15) is 0 Å². The normalized spacial score (nSPS) is 17.4. The van der Waals surface area contributed by atoms with E-state index in [-0.39, 0.29) is 0 Å². The molecule has 0 aliphatic heterocycles. The van der Waals surface area contributed by atoms with E-state index in [2.05, 4.69) is 37.4 Å². The molecule has 1 unspecified atom stereocenters. The smallest absolute Gasteiger partial charge is 0.122 e. The second kappa shape index (κ2) is 7.68. The molecule has 1 N–H and O–H groups in total. The lowest BCUT2D eigenvalue weighted by Crippen LogP contribution is -2.32. The third-order valence-electron chi connectivity index (χ3n) is 4.49. The van der Waals surface area contributed by atoms with Crippen LogP contribution < -0.4 is 10.1 Å². The molecule has 0 bridgehead atoms. The molecule has 20 heavy (non-hydrogen) atoms. The monoisotopic (exact) mass is 275 g/mol. The highest BCUT2D eigenvalue weighted by Gasteiger charge is 2.20. The molecule has 112 valence electrons.